The largest absolute Gasteiger partial charge is 0.490 e. The third-order valence-electron chi connectivity index (χ3n) is 8.04. The molecule has 5 rings (SSSR count). The van der Waals surface area contributed by atoms with Crippen molar-refractivity contribution in [2.24, 2.45) is 17.8 Å². The van der Waals surface area contributed by atoms with E-state index in [9.17, 15) is 4.39 Å². The molecule has 3 aliphatic rings. The maximum atomic E-state index is 15.5. The van der Waals surface area contributed by atoms with E-state index in [-0.39, 0.29) is 28.6 Å². The minimum absolute atomic E-state index is 0.0576. The molecule has 0 heterocycles. The van der Waals surface area contributed by atoms with Gasteiger partial charge in [0.05, 0.1) is 6.61 Å². The summed E-state index contributed by atoms with van der Waals surface area (Å²) in [4.78, 5) is 0. The Morgan fingerprint density at radius 1 is 0.875 bits per heavy atom. The van der Waals surface area contributed by atoms with Gasteiger partial charge in [0.2, 0.25) is 5.82 Å². The smallest absolute Gasteiger partial charge is 0.201 e. The lowest BCUT2D eigenvalue weighted by atomic mass is 9.74. The Bertz CT molecular complexity index is 1030. The molecule has 4 heteroatoms. The van der Waals surface area contributed by atoms with E-state index >= 15 is 8.78 Å². The Labute approximate surface area is 188 Å². The lowest BCUT2D eigenvalue weighted by Crippen LogP contribution is -2.19. The highest BCUT2D eigenvalue weighted by Crippen LogP contribution is 2.54. The third-order valence-corrected chi connectivity index (χ3v) is 8.04. The summed E-state index contributed by atoms with van der Waals surface area (Å²) >= 11 is 0. The van der Waals surface area contributed by atoms with E-state index in [1.807, 2.05) is 18.2 Å². The van der Waals surface area contributed by atoms with Crippen LogP contribution in [-0.2, 0) is 0 Å². The predicted molar refractivity (Wildman–Crippen MR) is 122 cm³/mol. The molecule has 0 aromatic heterocycles. The van der Waals surface area contributed by atoms with Gasteiger partial charge in [-0.05, 0) is 85.0 Å². The topological polar surface area (TPSA) is 9.23 Å². The number of ether oxygens (including phenoxy) is 1. The normalized spacial score (nSPS) is 26.6. The van der Waals surface area contributed by atoms with Crippen LogP contribution < -0.4 is 4.74 Å². The maximum Gasteiger partial charge on any atom is 0.201 e. The van der Waals surface area contributed by atoms with Crippen LogP contribution in [0.3, 0.4) is 0 Å². The number of fused-ring (bicyclic) bond motifs is 4. The van der Waals surface area contributed by atoms with E-state index in [4.69, 9.17) is 4.74 Å². The summed E-state index contributed by atoms with van der Waals surface area (Å²) in [6, 6.07) is 5.25. The van der Waals surface area contributed by atoms with Gasteiger partial charge in [0.1, 0.15) is 5.82 Å². The van der Waals surface area contributed by atoms with E-state index in [1.165, 1.54) is 0 Å². The van der Waals surface area contributed by atoms with Crippen molar-refractivity contribution in [3.63, 3.8) is 0 Å². The van der Waals surface area contributed by atoms with Crippen molar-refractivity contribution in [1.82, 2.24) is 0 Å². The molecule has 0 aliphatic heterocycles. The van der Waals surface area contributed by atoms with Gasteiger partial charge in [0, 0.05) is 11.1 Å². The standard InChI is InChI=1S/C28H31F3O/c1-3-17-8-10-19(11-9-17)20-12-13-21-22-14-23(32-15-18-6-4-16(2)5-7-18)27(30)28(31)25(22)24(21)26(20)29/h3,12-14,16-19H,1,4-11,15H2,2H3. The van der Waals surface area contributed by atoms with Gasteiger partial charge in [-0.1, -0.05) is 38.0 Å². The molecule has 0 bridgehead atoms. The van der Waals surface area contributed by atoms with E-state index in [1.54, 1.807) is 6.07 Å². The lowest BCUT2D eigenvalue weighted by Gasteiger charge is -2.31. The van der Waals surface area contributed by atoms with Crippen molar-refractivity contribution in [3.05, 3.63) is 53.9 Å². The highest BCUT2D eigenvalue weighted by molar-refractivity contribution is 6.03. The summed E-state index contributed by atoms with van der Waals surface area (Å²) in [5.74, 6) is -0.729. The van der Waals surface area contributed by atoms with Crippen LogP contribution >= 0.6 is 0 Å². The van der Waals surface area contributed by atoms with E-state index in [0.717, 1.165) is 57.3 Å². The van der Waals surface area contributed by atoms with Gasteiger partial charge in [-0.2, -0.15) is 4.39 Å². The summed E-state index contributed by atoms with van der Waals surface area (Å²) in [5.41, 5.74) is 2.12. The number of benzene rings is 2. The molecular weight excluding hydrogens is 409 g/mol. The van der Waals surface area contributed by atoms with Crippen LogP contribution in [0.5, 0.6) is 5.75 Å². The fraction of sp³-hybridized carbons (Fsp3) is 0.500. The van der Waals surface area contributed by atoms with Gasteiger partial charge in [-0.3, -0.25) is 0 Å². The molecule has 1 nitrogen and oxygen atoms in total. The fourth-order valence-electron chi connectivity index (χ4n) is 5.85. The highest BCUT2D eigenvalue weighted by Gasteiger charge is 2.36. The summed E-state index contributed by atoms with van der Waals surface area (Å²) in [7, 11) is 0. The average Bonchev–Trinajstić information content (AvgIpc) is 2.80. The van der Waals surface area contributed by atoms with Gasteiger partial charge >= 0.3 is 0 Å². The Morgan fingerprint density at radius 2 is 1.56 bits per heavy atom. The zero-order valence-corrected chi connectivity index (χ0v) is 18.7. The van der Waals surface area contributed by atoms with Crippen LogP contribution in [0.25, 0.3) is 22.3 Å². The van der Waals surface area contributed by atoms with Gasteiger partial charge in [0.15, 0.2) is 11.6 Å². The molecule has 0 spiro atoms. The number of allylic oxidation sites excluding steroid dienone is 1. The summed E-state index contributed by atoms with van der Waals surface area (Å²) in [6.45, 7) is 6.51. The van der Waals surface area contributed by atoms with Crippen molar-refractivity contribution in [3.8, 4) is 28.0 Å². The molecule has 2 saturated carbocycles. The average molecular weight is 441 g/mol. The van der Waals surface area contributed by atoms with Gasteiger partial charge < -0.3 is 4.74 Å². The zero-order chi connectivity index (χ0) is 22.4. The molecule has 0 unspecified atom stereocenters. The molecule has 0 amide bonds. The molecule has 170 valence electrons. The van der Waals surface area contributed by atoms with Crippen LogP contribution in [0.2, 0.25) is 0 Å². The molecule has 0 radical (unpaired) electrons. The highest BCUT2D eigenvalue weighted by atomic mass is 19.2. The second-order valence-corrected chi connectivity index (χ2v) is 10.1. The number of hydrogen-bond acceptors (Lipinski definition) is 1. The van der Waals surface area contributed by atoms with Crippen molar-refractivity contribution >= 4 is 0 Å². The SMILES string of the molecule is C=CC1CCC(c2ccc3c(c2F)-c2c-3cc(OCC3CCC(C)CC3)c(F)c2F)CC1. The van der Waals surface area contributed by atoms with Gasteiger partial charge in [-0.15, -0.1) is 6.58 Å². The molecule has 0 N–H and O–H groups in total. The molecule has 32 heavy (non-hydrogen) atoms. The van der Waals surface area contributed by atoms with Crippen molar-refractivity contribution in [2.75, 3.05) is 6.61 Å². The van der Waals surface area contributed by atoms with Crippen LogP contribution in [-0.4, -0.2) is 6.61 Å². The Hall–Kier alpha value is -2.23. The van der Waals surface area contributed by atoms with Crippen LogP contribution in [0.4, 0.5) is 13.2 Å². The maximum absolute atomic E-state index is 15.5. The minimum Gasteiger partial charge on any atom is -0.490 e. The molecule has 0 saturated heterocycles. The van der Waals surface area contributed by atoms with Crippen molar-refractivity contribution in [1.29, 1.82) is 0 Å². The Morgan fingerprint density at radius 3 is 2.25 bits per heavy atom. The fourth-order valence-corrected chi connectivity index (χ4v) is 5.85. The monoisotopic (exact) mass is 440 g/mol. The lowest BCUT2D eigenvalue weighted by molar-refractivity contribution is 0.182. The molecule has 2 aromatic rings. The Kier molecular flexibility index (Phi) is 5.81. The first-order valence-electron chi connectivity index (χ1n) is 12.1. The van der Waals surface area contributed by atoms with Crippen LogP contribution in [0, 0.1) is 35.2 Å². The van der Waals surface area contributed by atoms with Crippen molar-refractivity contribution in [2.45, 2.75) is 64.2 Å². The second-order valence-electron chi connectivity index (χ2n) is 10.1. The first kappa shape index (κ1) is 21.6. The summed E-state index contributed by atoms with van der Waals surface area (Å²) in [6.07, 6.45) is 10.2. The van der Waals surface area contributed by atoms with E-state index in [0.29, 0.717) is 35.1 Å². The molecule has 0 atom stereocenters. The zero-order valence-electron chi connectivity index (χ0n) is 18.7. The molecule has 2 aromatic carbocycles. The molecular formula is C28H31F3O. The summed E-state index contributed by atoms with van der Waals surface area (Å²) in [5, 5.41) is 0. The van der Waals surface area contributed by atoms with Gasteiger partial charge in [-0.25, -0.2) is 8.78 Å². The van der Waals surface area contributed by atoms with Gasteiger partial charge in [0.25, 0.3) is 0 Å². The van der Waals surface area contributed by atoms with Crippen LogP contribution in [0.15, 0.2) is 30.9 Å². The molecule has 3 aliphatic carbocycles. The number of halogens is 3. The van der Waals surface area contributed by atoms with E-state index in [2.05, 4.69) is 13.5 Å². The van der Waals surface area contributed by atoms with Crippen molar-refractivity contribution < 1.29 is 17.9 Å². The van der Waals surface area contributed by atoms with E-state index < -0.39 is 11.6 Å². The predicted octanol–water partition coefficient (Wildman–Crippen LogP) is 8.42. The first-order valence-corrected chi connectivity index (χ1v) is 12.1. The number of rotatable bonds is 5. The Balaban J connectivity index is 1.37. The molecule has 2 fully saturated rings. The quantitative estimate of drug-likeness (QED) is 0.362. The van der Waals surface area contributed by atoms with Crippen LogP contribution in [0.1, 0.15) is 69.8 Å². The third kappa shape index (κ3) is 3.66. The summed E-state index contributed by atoms with van der Waals surface area (Å²) < 4.78 is 51.0. The number of hydrogen-bond donors (Lipinski definition) is 0. The first-order chi connectivity index (χ1) is 15.5. The minimum atomic E-state index is -1.00. The second kappa shape index (κ2) is 8.61.